The number of thioether (sulfide) groups is 1. The summed E-state index contributed by atoms with van der Waals surface area (Å²) in [5.74, 6) is 0. The molecule has 0 spiro atoms. The zero-order valence-electron chi connectivity index (χ0n) is 13.5. The first-order chi connectivity index (χ1) is 10.5. The molecule has 1 aliphatic heterocycles. The molecule has 0 radical (unpaired) electrons. The van der Waals surface area contributed by atoms with Gasteiger partial charge in [0.1, 0.15) is 5.01 Å². The molecule has 1 aromatic heterocycles. The number of carbonyl (C=O) groups is 1. The van der Waals surface area contributed by atoms with Crippen molar-refractivity contribution in [3.63, 3.8) is 0 Å². The van der Waals surface area contributed by atoms with E-state index in [2.05, 4.69) is 31.0 Å². The molecule has 0 saturated carbocycles. The van der Waals surface area contributed by atoms with E-state index in [1.807, 2.05) is 11.8 Å². The predicted octanol–water partition coefficient (Wildman–Crippen LogP) is 3.10. The maximum Gasteiger partial charge on any atom is 0.328 e. The first-order valence-corrected chi connectivity index (χ1v) is 9.45. The van der Waals surface area contributed by atoms with Gasteiger partial charge in [0.05, 0.1) is 11.8 Å². The van der Waals surface area contributed by atoms with E-state index in [0.29, 0.717) is 22.2 Å². The van der Waals surface area contributed by atoms with Crippen molar-refractivity contribution in [1.29, 1.82) is 0 Å². The van der Waals surface area contributed by atoms with Crippen molar-refractivity contribution in [2.75, 3.05) is 18.5 Å². The maximum atomic E-state index is 12.1. The molecule has 1 N–H and O–H groups in total. The van der Waals surface area contributed by atoms with Crippen molar-refractivity contribution in [3.05, 3.63) is 5.01 Å². The molecule has 2 rings (SSSR count). The second-order valence-corrected chi connectivity index (χ2v) is 8.20. The molecule has 0 bridgehead atoms. The lowest BCUT2D eigenvalue weighted by Crippen LogP contribution is -2.34. The Kier molecular flexibility index (Phi) is 6.05. The summed E-state index contributed by atoms with van der Waals surface area (Å²) < 4.78 is 0. The van der Waals surface area contributed by atoms with Gasteiger partial charge < -0.3 is 10.0 Å². The zero-order chi connectivity index (χ0) is 16.3. The molecule has 0 aromatic carbocycles. The minimum atomic E-state index is -0.842. The Morgan fingerprint density at radius 2 is 2.18 bits per heavy atom. The van der Waals surface area contributed by atoms with Crippen molar-refractivity contribution >= 4 is 34.3 Å². The van der Waals surface area contributed by atoms with Gasteiger partial charge >= 0.3 is 6.03 Å². The molecule has 6 nitrogen and oxygen atoms in total. The van der Waals surface area contributed by atoms with E-state index in [9.17, 15) is 9.90 Å². The third-order valence-electron chi connectivity index (χ3n) is 3.70. The van der Waals surface area contributed by atoms with Gasteiger partial charge in [-0.15, -0.1) is 22.0 Å². The number of hydrogen-bond donors (Lipinski definition) is 1. The molecule has 1 fully saturated rings. The summed E-state index contributed by atoms with van der Waals surface area (Å²) in [5.41, 5.74) is 0. The van der Waals surface area contributed by atoms with Crippen molar-refractivity contribution in [2.24, 2.45) is 0 Å². The van der Waals surface area contributed by atoms with Gasteiger partial charge in [-0.3, -0.25) is 0 Å². The van der Waals surface area contributed by atoms with Gasteiger partial charge in [0.15, 0.2) is 6.23 Å². The van der Waals surface area contributed by atoms with Crippen LogP contribution in [0.15, 0.2) is 0 Å². The van der Waals surface area contributed by atoms with Crippen LogP contribution < -0.4 is 4.90 Å². The highest BCUT2D eigenvalue weighted by Gasteiger charge is 2.37. The van der Waals surface area contributed by atoms with Gasteiger partial charge in [-0.05, 0) is 12.8 Å². The molecular weight excluding hydrogens is 320 g/mol. The number of β-amino-alcohol motifs (C(OH)–C–C–N with tert-alkyl or cyclic N) is 1. The minimum Gasteiger partial charge on any atom is -0.371 e. The van der Waals surface area contributed by atoms with E-state index < -0.39 is 6.23 Å². The Labute approximate surface area is 139 Å². The summed E-state index contributed by atoms with van der Waals surface area (Å²) in [6.07, 6.45) is 2.40. The zero-order valence-corrected chi connectivity index (χ0v) is 15.2. The Morgan fingerprint density at radius 3 is 2.73 bits per heavy atom. The largest absolute Gasteiger partial charge is 0.371 e. The summed E-state index contributed by atoms with van der Waals surface area (Å²) in [6, 6.07) is -0.225. The number of aromatic nitrogens is 2. The Morgan fingerprint density at radius 1 is 1.45 bits per heavy atom. The molecule has 22 heavy (non-hydrogen) atoms. The Hall–Kier alpha value is -0.860. The highest BCUT2D eigenvalue weighted by Crippen LogP contribution is 2.40. The van der Waals surface area contributed by atoms with Gasteiger partial charge in [-0.2, -0.15) is 0 Å². The van der Waals surface area contributed by atoms with Crippen molar-refractivity contribution in [2.45, 2.75) is 56.8 Å². The van der Waals surface area contributed by atoms with Crippen molar-refractivity contribution < 1.29 is 9.90 Å². The van der Waals surface area contributed by atoms with Crippen LogP contribution in [0.25, 0.3) is 0 Å². The smallest absolute Gasteiger partial charge is 0.328 e. The SMILES string of the molecule is CCCC(SC(C)CC)c1nnc(N2C(=O)N(C)CC2O)s1. The molecule has 1 saturated heterocycles. The molecule has 124 valence electrons. The maximum absolute atomic E-state index is 12.1. The third-order valence-corrected chi connectivity index (χ3v) is 6.47. The van der Waals surface area contributed by atoms with Crippen LogP contribution in [-0.4, -0.2) is 51.3 Å². The number of hydrogen-bond acceptors (Lipinski definition) is 6. The van der Waals surface area contributed by atoms with Crippen LogP contribution in [0.4, 0.5) is 9.93 Å². The van der Waals surface area contributed by atoms with Crippen LogP contribution in [0.3, 0.4) is 0 Å². The number of anilines is 1. The third kappa shape index (κ3) is 3.72. The molecule has 3 unspecified atom stereocenters. The van der Waals surface area contributed by atoms with E-state index >= 15 is 0 Å². The highest BCUT2D eigenvalue weighted by molar-refractivity contribution is 8.00. The van der Waals surface area contributed by atoms with E-state index in [0.717, 1.165) is 24.3 Å². The Balaban J connectivity index is 2.16. The Bertz CT molecular complexity index is 511. The molecule has 2 amide bonds. The number of carbonyl (C=O) groups excluding carboxylic acids is 1. The van der Waals surface area contributed by atoms with Crippen LogP contribution in [0, 0.1) is 0 Å². The fourth-order valence-corrected chi connectivity index (χ4v) is 4.77. The first-order valence-electron chi connectivity index (χ1n) is 7.69. The molecular formula is C14H24N4O2S2. The summed E-state index contributed by atoms with van der Waals surface area (Å²) in [4.78, 5) is 14.9. The molecule has 2 heterocycles. The number of urea groups is 1. The lowest BCUT2D eigenvalue weighted by Gasteiger charge is -2.17. The van der Waals surface area contributed by atoms with E-state index in [-0.39, 0.29) is 6.03 Å². The average Bonchev–Trinajstić information content (AvgIpc) is 3.04. The fourth-order valence-electron chi connectivity index (χ4n) is 2.27. The number of aliphatic hydroxyl groups excluding tert-OH is 1. The van der Waals surface area contributed by atoms with Gasteiger partial charge in [-0.1, -0.05) is 38.5 Å². The molecule has 1 aliphatic rings. The van der Waals surface area contributed by atoms with Gasteiger partial charge in [0, 0.05) is 12.3 Å². The number of rotatable bonds is 7. The quantitative estimate of drug-likeness (QED) is 0.823. The number of aliphatic hydroxyl groups is 1. The topological polar surface area (TPSA) is 69.6 Å². The van der Waals surface area contributed by atoms with Crippen LogP contribution in [0.2, 0.25) is 0 Å². The van der Waals surface area contributed by atoms with Crippen LogP contribution in [-0.2, 0) is 0 Å². The summed E-state index contributed by atoms with van der Waals surface area (Å²) >= 11 is 3.33. The van der Waals surface area contributed by atoms with Gasteiger partial charge in [-0.25, -0.2) is 9.69 Å². The van der Waals surface area contributed by atoms with E-state index in [4.69, 9.17) is 0 Å². The highest BCUT2D eigenvalue weighted by atomic mass is 32.2. The normalized spacial score (nSPS) is 21.5. The standard InChI is InChI=1S/C14H24N4O2S2/c1-5-7-10(21-9(3)6-2)12-15-16-13(22-12)18-11(19)8-17(4)14(18)20/h9-11,19H,5-8H2,1-4H3. The lowest BCUT2D eigenvalue weighted by molar-refractivity contribution is 0.183. The summed E-state index contributed by atoms with van der Waals surface area (Å²) in [6.45, 7) is 6.86. The predicted molar refractivity (Wildman–Crippen MR) is 91.4 cm³/mol. The second-order valence-electron chi connectivity index (χ2n) is 5.57. The van der Waals surface area contributed by atoms with Crippen molar-refractivity contribution in [3.8, 4) is 0 Å². The van der Waals surface area contributed by atoms with Crippen LogP contribution in [0.5, 0.6) is 0 Å². The van der Waals surface area contributed by atoms with E-state index in [1.165, 1.54) is 21.1 Å². The lowest BCUT2D eigenvalue weighted by atomic mass is 10.2. The van der Waals surface area contributed by atoms with Crippen LogP contribution in [0.1, 0.15) is 50.3 Å². The van der Waals surface area contributed by atoms with Crippen molar-refractivity contribution in [1.82, 2.24) is 15.1 Å². The fraction of sp³-hybridized carbons (Fsp3) is 0.786. The van der Waals surface area contributed by atoms with Gasteiger partial charge in [0.2, 0.25) is 5.13 Å². The summed E-state index contributed by atoms with van der Waals surface area (Å²) in [5, 5.41) is 20.7. The van der Waals surface area contributed by atoms with Crippen LogP contribution >= 0.6 is 23.1 Å². The number of nitrogens with zero attached hydrogens (tertiary/aromatic N) is 4. The van der Waals surface area contributed by atoms with Gasteiger partial charge in [0.25, 0.3) is 0 Å². The molecule has 0 aliphatic carbocycles. The number of amides is 2. The summed E-state index contributed by atoms with van der Waals surface area (Å²) in [7, 11) is 1.67. The molecule has 3 atom stereocenters. The molecule has 8 heteroatoms. The monoisotopic (exact) mass is 344 g/mol. The first kappa shape index (κ1) is 17.5. The average molecular weight is 345 g/mol. The second kappa shape index (κ2) is 7.61. The molecule has 1 aromatic rings. The minimum absolute atomic E-state index is 0.225. The number of likely N-dealkylation sites (N-methyl/N-ethyl adjacent to an activating group) is 1. The van der Waals surface area contributed by atoms with E-state index in [1.54, 1.807) is 7.05 Å².